The smallest absolute Gasteiger partial charge is 0.203 e. The molecule has 26 heavy (non-hydrogen) atoms. The van der Waals surface area contributed by atoms with E-state index in [2.05, 4.69) is 46.8 Å². The molecular weight excluding hydrogens is 330 g/mol. The van der Waals surface area contributed by atoms with Crippen molar-refractivity contribution >= 4 is 11.6 Å². The topological polar surface area (TPSA) is 64.1 Å². The Labute approximate surface area is 155 Å². The Morgan fingerprint density at radius 1 is 0.962 bits per heavy atom. The molecule has 2 rings (SSSR count). The van der Waals surface area contributed by atoms with Gasteiger partial charge in [0.25, 0.3) is 0 Å². The van der Waals surface area contributed by atoms with Gasteiger partial charge in [-0.1, -0.05) is 29.8 Å². The summed E-state index contributed by atoms with van der Waals surface area (Å²) in [5.74, 6) is 2.41. The monoisotopic (exact) mass is 357 g/mol. The van der Waals surface area contributed by atoms with Crippen molar-refractivity contribution in [3.63, 3.8) is 0 Å². The molecule has 0 bridgehead atoms. The molecule has 0 amide bonds. The van der Waals surface area contributed by atoms with Crippen molar-refractivity contribution in [1.82, 2.24) is 5.32 Å². The number of ether oxygens (including phenoxy) is 3. The average Bonchev–Trinajstić information content (AvgIpc) is 2.67. The molecule has 2 aromatic carbocycles. The van der Waals surface area contributed by atoms with Gasteiger partial charge in [0, 0.05) is 31.4 Å². The maximum Gasteiger partial charge on any atom is 0.203 e. The highest BCUT2D eigenvalue weighted by Crippen LogP contribution is 2.39. The molecule has 0 aliphatic heterocycles. The minimum absolute atomic E-state index is 0.558. The Hall–Kier alpha value is -2.89. The van der Waals surface area contributed by atoms with E-state index in [1.807, 2.05) is 12.1 Å². The van der Waals surface area contributed by atoms with Crippen LogP contribution in [-0.2, 0) is 6.42 Å². The van der Waals surface area contributed by atoms with Crippen molar-refractivity contribution in [2.45, 2.75) is 13.3 Å². The zero-order valence-corrected chi connectivity index (χ0v) is 16.1. The van der Waals surface area contributed by atoms with E-state index >= 15 is 0 Å². The van der Waals surface area contributed by atoms with Gasteiger partial charge < -0.3 is 24.8 Å². The van der Waals surface area contributed by atoms with Crippen LogP contribution in [0.2, 0.25) is 0 Å². The highest BCUT2D eigenvalue weighted by molar-refractivity contribution is 5.94. The molecule has 0 spiro atoms. The van der Waals surface area contributed by atoms with Gasteiger partial charge in [0.05, 0.1) is 21.3 Å². The van der Waals surface area contributed by atoms with Crippen molar-refractivity contribution in [1.29, 1.82) is 0 Å². The van der Waals surface area contributed by atoms with Gasteiger partial charge in [-0.25, -0.2) is 0 Å². The molecule has 0 heterocycles. The van der Waals surface area contributed by atoms with Crippen LogP contribution in [0.25, 0.3) is 0 Å². The normalized spacial score (nSPS) is 11.0. The first-order chi connectivity index (χ1) is 12.6. The fraction of sp³-hybridized carbons (Fsp3) is 0.350. The number of aryl methyl sites for hydroxylation is 1. The lowest BCUT2D eigenvalue weighted by Gasteiger charge is -2.16. The molecule has 0 aliphatic rings. The third-order valence-electron chi connectivity index (χ3n) is 3.98. The highest BCUT2D eigenvalue weighted by atomic mass is 16.5. The van der Waals surface area contributed by atoms with Crippen LogP contribution in [0.4, 0.5) is 5.69 Å². The number of nitrogens with zero attached hydrogens (tertiary/aromatic N) is 1. The maximum absolute atomic E-state index is 5.38. The summed E-state index contributed by atoms with van der Waals surface area (Å²) < 4.78 is 16.1. The Balaban J connectivity index is 2.02. The lowest BCUT2D eigenvalue weighted by Crippen LogP contribution is -2.32. The second-order valence-corrected chi connectivity index (χ2v) is 5.77. The average molecular weight is 357 g/mol. The number of hydrogen-bond donors (Lipinski definition) is 2. The minimum Gasteiger partial charge on any atom is -0.493 e. The molecule has 0 fully saturated rings. The standard InChI is InChI=1S/C20H27N3O3/c1-14-6-8-15(9-7-14)10-11-22-20(21-2)23-16-12-17(24-3)19(26-5)18(13-16)25-4/h6-9,12-13H,10-11H2,1-5H3,(H2,21,22,23). The summed E-state index contributed by atoms with van der Waals surface area (Å²) >= 11 is 0. The molecule has 6 nitrogen and oxygen atoms in total. The molecule has 2 aromatic rings. The Morgan fingerprint density at radius 3 is 2.08 bits per heavy atom. The van der Waals surface area contributed by atoms with E-state index in [0.717, 1.165) is 18.7 Å². The van der Waals surface area contributed by atoms with Crippen molar-refractivity contribution < 1.29 is 14.2 Å². The van der Waals surface area contributed by atoms with Crippen LogP contribution in [0.15, 0.2) is 41.4 Å². The molecular formula is C20H27N3O3. The van der Waals surface area contributed by atoms with Crippen molar-refractivity contribution in [3.8, 4) is 17.2 Å². The Morgan fingerprint density at radius 2 is 1.58 bits per heavy atom. The molecule has 0 aliphatic carbocycles. The number of aliphatic imine (C=N–C) groups is 1. The van der Waals surface area contributed by atoms with E-state index in [1.54, 1.807) is 28.4 Å². The number of guanidine groups is 1. The van der Waals surface area contributed by atoms with Crippen LogP contribution in [0.3, 0.4) is 0 Å². The highest BCUT2D eigenvalue weighted by Gasteiger charge is 2.13. The number of nitrogens with one attached hydrogen (secondary N) is 2. The summed E-state index contributed by atoms with van der Waals surface area (Å²) in [6.45, 7) is 2.86. The number of hydrogen-bond acceptors (Lipinski definition) is 4. The van der Waals surface area contributed by atoms with E-state index < -0.39 is 0 Å². The predicted octanol–water partition coefficient (Wildman–Crippen LogP) is 3.25. The minimum atomic E-state index is 0.558. The van der Waals surface area contributed by atoms with Gasteiger partial charge in [-0.05, 0) is 18.9 Å². The lowest BCUT2D eigenvalue weighted by atomic mass is 10.1. The Bertz CT molecular complexity index is 717. The molecule has 0 atom stereocenters. The molecule has 0 saturated heterocycles. The summed E-state index contributed by atoms with van der Waals surface area (Å²) in [5.41, 5.74) is 3.34. The zero-order valence-electron chi connectivity index (χ0n) is 16.1. The Kier molecular flexibility index (Phi) is 7.14. The largest absolute Gasteiger partial charge is 0.493 e. The van der Waals surface area contributed by atoms with Gasteiger partial charge in [0.1, 0.15) is 0 Å². The van der Waals surface area contributed by atoms with Crippen molar-refractivity contribution in [2.24, 2.45) is 4.99 Å². The number of benzene rings is 2. The third-order valence-corrected chi connectivity index (χ3v) is 3.98. The van der Waals surface area contributed by atoms with Crippen LogP contribution in [0.1, 0.15) is 11.1 Å². The molecule has 140 valence electrons. The quantitative estimate of drug-likeness (QED) is 0.588. The van der Waals surface area contributed by atoms with Gasteiger partial charge in [0.15, 0.2) is 17.5 Å². The SMILES string of the molecule is CN=C(NCCc1ccc(C)cc1)Nc1cc(OC)c(OC)c(OC)c1. The van der Waals surface area contributed by atoms with Crippen molar-refractivity contribution in [2.75, 3.05) is 40.2 Å². The van der Waals surface area contributed by atoms with Gasteiger partial charge in [-0.15, -0.1) is 0 Å². The van der Waals surface area contributed by atoms with Gasteiger partial charge in [-0.3, -0.25) is 4.99 Å². The van der Waals surface area contributed by atoms with E-state index in [4.69, 9.17) is 14.2 Å². The van der Waals surface area contributed by atoms with Gasteiger partial charge >= 0.3 is 0 Å². The van der Waals surface area contributed by atoms with Crippen LogP contribution in [-0.4, -0.2) is 40.9 Å². The first kappa shape index (κ1) is 19.4. The van der Waals surface area contributed by atoms with Crippen LogP contribution >= 0.6 is 0 Å². The lowest BCUT2D eigenvalue weighted by molar-refractivity contribution is 0.324. The molecule has 0 aromatic heterocycles. The number of methoxy groups -OCH3 is 3. The van der Waals surface area contributed by atoms with Gasteiger partial charge in [-0.2, -0.15) is 0 Å². The zero-order chi connectivity index (χ0) is 18.9. The number of rotatable bonds is 7. The van der Waals surface area contributed by atoms with Crippen molar-refractivity contribution in [3.05, 3.63) is 47.5 Å². The van der Waals surface area contributed by atoms with Gasteiger partial charge in [0.2, 0.25) is 5.75 Å². The van der Waals surface area contributed by atoms with Crippen LogP contribution in [0, 0.1) is 6.92 Å². The fourth-order valence-corrected chi connectivity index (χ4v) is 2.55. The van der Waals surface area contributed by atoms with E-state index in [1.165, 1.54) is 11.1 Å². The second kappa shape index (κ2) is 9.56. The maximum atomic E-state index is 5.38. The second-order valence-electron chi connectivity index (χ2n) is 5.77. The summed E-state index contributed by atoms with van der Waals surface area (Å²) in [5, 5.41) is 6.56. The van der Waals surface area contributed by atoms with E-state index in [9.17, 15) is 0 Å². The molecule has 6 heteroatoms. The van der Waals surface area contributed by atoms with Crippen LogP contribution < -0.4 is 24.8 Å². The predicted molar refractivity (Wildman–Crippen MR) is 106 cm³/mol. The number of anilines is 1. The van der Waals surface area contributed by atoms with E-state index in [0.29, 0.717) is 23.2 Å². The molecule has 2 N–H and O–H groups in total. The first-order valence-electron chi connectivity index (χ1n) is 8.44. The first-order valence-corrected chi connectivity index (χ1v) is 8.44. The summed E-state index contributed by atoms with van der Waals surface area (Å²) in [7, 11) is 6.50. The van der Waals surface area contributed by atoms with Crippen LogP contribution in [0.5, 0.6) is 17.2 Å². The summed E-state index contributed by atoms with van der Waals surface area (Å²) in [6.07, 6.45) is 0.913. The molecule has 0 unspecified atom stereocenters. The molecule has 0 radical (unpaired) electrons. The third kappa shape index (κ3) is 5.05. The fourth-order valence-electron chi connectivity index (χ4n) is 2.55. The summed E-state index contributed by atoms with van der Waals surface area (Å²) in [4.78, 5) is 4.26. The summed E-state index contributed by atoms with van der Waals surface area (Å²) in [6, 6.07) is 12.2. The van der Waals surface area contributed by atoms with E-state index in [-0.39, 0.29) is 0 Å². The molecule has 0 saturated carbocycles.